The van der Waals surface area contributed by atoms with E-state index < -0.39 is 40.2 Å². The molecule has 2 amide bonds. The number of pyridine rings is 1. The second-order valence-electron chi connectivity index (χ2n) is 13.7. The van der Waals surface area contributed by atoms with Crippen LogP contribution in [-0.4, -0.2) is 97.9 Å². The summed E-state index contributed by atoms with van der Waals surface area (Å²) in [5.74, 6) is -1.35. The van der Waals surface area contributed by atoms with E-state index in [4.69, 9.17) is 21.1 Å². The van der Waals surface area contributed by atoms with Crippen molar-refractivity contribution in [3.63, 3.8) is 0 Å². The molecular weight excluding hydrogens is 789 g/mol. The number of halogens is 2. The predicted molar refractivity (Wildman–Crippen MR) is 219 cm³/mol. The van der Waals surface area contributed by atoms with Crippen LogP contribution in [0.25, 0.3) is 10.9 Å². The van der Waals surface area contributed by atoms with Crippen LogP contribution in [0.3, 0.4) is 0 Å². The Hall–Kier alpha value is -5.61. The molecule has 2 heterocycles. The fourth-order valence-electron chi connectivity index (χ4n) is 6.47. The number of ketones is 1. The van der Waals surface area contributed by atoms with E-state index in [-0.39, 0.29) is 59.4 Å². The summed E-state index contributed by atoms with van der Waals surface area (Å²) in [5, 5.41) is 17.3. The SMILES string of the molecule is COc1ccc(S(=O)(=O)N(CCNc2cc(C)nc3ccc(Cl)cc23)CCC(=O)Nc2ccc(C(=O)N3CCC(O)CC3)cc2OCC(=O)c2ccc(F)cc2)cc1. The highest BCUT2D eigenvalue weighted by molar-refractivity contribution is 7.89. The molecule has 0 saturated carbocycles. The summed E-state index contributed by atoms with van der Waals surface area (Å²) in [6.07, 6.45) is 0.118. The highest BCUT2D eigenvalue weighted by Crippen LogP contribution is 2.29. The van der Waals surface area contributed by atoms with Crippen molar-refractivity contribution in [2.75, 3.05) is 57.1 Å². The molecule has 3 N–H and O–H groups in total. The zero-order chi connectivity index (χ0) is 41.4. The molecule has 5 aromatic rings. The minimum atomic E-state index is -4.11. The molecule has 0 bridgehead atoms. The molecule has 16 heteroatoms. The van der Waals surface area contributed by atoms with Crippen LogP contribution in [0.15, 0.2) is 95.9 Å². The average Bonchev–Trinajstić information content (AvgIpc) is 3.21. The van der Waals surface area contributed by atoms with E-state index in [1.807, 2.05) is 13.0 Å². The Morgan fingerprint density at radius 1 is 0.931 bits per heavy atom. The molecule has 1 aliphatic heterocycles. The predicted octanol–water partition coefficient (Wildman–Crippen LogP) is 6.33. The number of methoxy groups -OCH3 is 1. The number of carbonyl (C=O) groups excluding carboxylic acids is 3. The molecule has 13 nitrogen and oxygen atoms in total. The van der Waals surface area contributed by atoms with Crippen molar-refractivity contribution in [2.24, 2.45) is 0 Å². The number of carbonyl (C=O) groups is 3. The Labute approximate surface area is 340 Å². The quantitative estimate of drug-likeness (QED) is 0.0956. The summed E-state index contributed by atoms with van der Waals surface area (Å²) in [4.78, 5) is 46.1. The van der Waals surface area contributed by atoms with E-state index in [2.05, 4.69) is 15.6 Å². The molecule has 58 heavy (non-hydrogen) atoms. The van der Waals surface area contributed by atoms with Crippen LogP contribution >= 0.6 is 11.6 Å². The number of nitrogens with zero attached hydrogens (tertiary/aromatic N) is 3. The van der Waals surface area contributed by atoms with Gasteiger partial charge in [-0.05, 0) is 111 Å². The van der Waals surface area contributed by atoms with Crippen LogP contribution in [0, 0.1) is 12.7 Å². The first-order chi connectivity index (χ1) is 27.8. The van der Waals surface area contributed by atoms with Gasteiger partial charge in [-0.1, -0.05) is 11.6 Å². The standard InChI is InChI=1S/C42H43ClFN5O8S/c1-27-23-38(35-25-30(43)6-14-36(35)46-27)45-18-22-49(58(54,55)34-11-9-33(56-2)10-12-34)21-17-41(52)47-37-13-5-29(42(53)48-19-15-32(50)16-20-48)24-40(37)57-26-39(51)28-3-7-31(44)8-4-28/h3-14,23-25,32,50H,15-22,26H2,1-2H3,(H,45,46)(H,47,52). The first-order valence-electron chi connectivity index (χ1n) is 18.6. The number of ether oxygens (including phenoxy) is 2. The number of aliphatic hydroxyl groups excluding tert-OH is 1. The number of aliphatic hydroxyl groups is 1. The fraction of sp³-hybridized carbons (Fsp3) is 0.286. The zero-order valence-corrected chi connectivity index (χ0v) is 33.5. The van der Waals surface area contributed by atoms with E-state index in [9.17, 15) is 32.3 Å². The second-order valence-corrected chi connectivity index (χ2v) is 16.1. The van der Waals surface area contributed by atoms with Crippen LogP contribution in [0.5, 0.6) is 11.5 Å². The van der Waals surface area contributed by atoms with Gasteiger partial charge in [0, 0.05) is 72.1 Å². The van der Waals surface area contributed by atoms with E-state index in [0.29, 0.717) is 36.7 Å². The number of likely N-dealkylation sites (tertiary alicyclic amines) is 1. The van der Waals surface area contributed by atoms with Crippen LogP contribution in [0.2, 0.25) is 5.02 Å². The average molecular weight is 832 g/mol. The lowest BCUT2D eigenvalue weighted by atomic mass is 10.1. The number of fused-ring (bicyclic) bond motifs is 1. The number of nitrogens with one attached hydrogen (secondary N) is 2. The third-order valence-corrected chi connectivity index (χ3v) is 11.8. The molecule has 0 spiro atoms. The van der Waals surface area contributed by atoms with E-state index in [1.54, 1.807) is 23.1 Å². The molecule has 1 aromatic heterocycles. The maximum atomic E-state index is 14.0. The van der Waals surface area contributed by atoms with Crippen molar-refractivity contribution >= 4 is 61.5 Å². The highest BCUT2D eigenvalue weighted by Gasteiger charge is 2.27. The molecule has 0 atom stereocenters. The lowest BCUT2D eigenvalue weighted by Crippen LogP contribution is -2.40. The van der Waals surface area contributed by atoms with Crippen molar-refractivity contribution < 1.29 is 41.8 Å². The molecule has 1 aliphatic rings. The van der Waals surface area contributed by atoms with Crippen LogP contribution < -0.4 is 20.1 Å². The molecule has 0 unspecified atom stereocenters. The van der Waals surface area contributed by atoms with Crippen molar-refractivity contribution in [1.29, 1.82) is 0 Å². The number of aryl methyl sites for hydroxylation is 1. The summed E-state index contributed by atoms with van der Waals surface area (Å²) in [6, 6.07) is 22.5. The van der Waals surface area contributed by atoms with Gasteiger partial charge in [-0.2, -0.15) is 4.31 Å². The van der Waals surface area contributed by atoms with Gasteiger partial charge in [0.1, 0.15) is 17.3 Å². The number of sulfonamides is 1. The van der Waals surface area contributed by atoms with Crippen LogP contribution in [-0.2, 0) is 14.8 Å². The summed E-state index contributed by atoms with van der Waals surface area (Å²) >= 11 is 6.27. The lowest BCUT2D eigenvalue weighted by molar-refractivity contribution is -0.116. The number of benzene rings is 4. The van der Waals surface area contributed by atoms with Gasteiger partial charge >= 0.3 is 0 Å². The number of hydrogen-bond donors (Lipinski definition) is 3. The zero-order valence-electron chi connectivity index (χ0n) is 31.9. The maximum absolute atomic E-state index is 14.0. The first kappa shape index (κ1) is 42.0. The molecule has 1 saturated heterocycles. The van der Waals surface area contributed by atoms with Gasteiger partial charge in [-0.3, -0.25) is 19.4 Å². The number of aromatic nitrogens is 1. The van der Waals surface area contributed by atoms with Gasteiger partial charge in [-0.15, -0.1) is 0 Å². The van der Waals surface area contributed by atoms with E-state index >= 15 is 0 Å². The van der Waals surface area contributed by atoms with Crippen molar-refractivity contribution in [3.8, 4) is 11.5 Å². The Bertz CT molecular complexity index is 2390. The van der Waals surface area contributed by atoms with Gasteiger partial charge in [-0.25, -0.2) is 12.8 Å². The Kier molecular flexibility index (Phi) is 13.6. The molecule has 1 fully saturated rings. The number of anilines is 2. The van der Waals surface area contributed by atoms with E-state index in [1.165, 1.54) is 66.0 Å². The van der Waals surface area contributed by atoms with Crippen LogP contribution in [0.4, 0.5) is 15.8 Å². The second kappa shape index (κ2) is 18.8. The third-order valence-electron chi connectivity index (χ3n) is 9.64. The number of hydrogen-bond acceptors (Lipinski definition) is 10. The number of amides is 2. The fourth-order valence-corrected chi connectivity index (χ4v) is 8.09. The van der Waals surface area contributed by atoms with Gasteiger partial charge < -0.3 is 30.1 Å². The minimum absolute atomic E-state index is 0.00988. The topological polar surface area (TPSA) is 167 Å². The molecule has 304 valence electrons. The van der Waals surface area contributed by atoms with Gasteiger partial charge in [0.25, 0.3) is 5.91 Å². The van der Waals surface area contributed by atoms with Crippen molar-refractivity contribution in [3.05, 3.63) is 119 Å². The minimum Gasteiger partial charge on any atom is -0.497 e. The monoisotopic (exact) mass is 831 g/mol. The number of rotatable bonds is 16. The summed E-state index contributed by atoms with van der Waals surface area (Å²) in [6.45, 7) is 2.03. The maximum Gasteiger partial charge on any atom is 0.253 e. The largest absolute Gasteiger partial charge is 0.497 e. The number of piperidine rings is 1. The first-order valence-corrected chi connectivity index (χ1v) is 20.4. The summed E-state index contributed by atoms with van der Waals surface area (Å²) in [5.41, 5.74) is 2.78. The Morgan fingerprint density at radius 3 is 2.34 bits per heavy atom. The van der Waals surface area contributed by atoms with Crippen molar-refractivity contribution in [1.82, 2.24) is 14.2 Å². The Balaban J connectivity index is 1.20. The third kappa shape index (κ3) is 10.5. The summed E-state index contributed by atoms with van der Waals surface area (Å²) in [7, 11) is -2.63. The van der Waals surface area contributed by atoms with Crippen LogP contribution in [0.1, 0.15) is 45.7 Å². The summed E-state index contributed by atoms with van der Waals surface area (Å²) < 4.78 is 53.8. The van der Waals surface area contributed by atoms with Crippen molar-refractivity contribution in [2.45, 2.75) is 37.2 Å². The molecule has 6 rings (SSSR count). The molecule has 0 radical (unpaired) electrons. The van der Waals surface area contributed by atoms with Gasteiger partial charge in [0.2, 0.25) is 15.9 Å². The normalized spacial score (nSPS) is 13.4. The highest BCUT2D eigenvalue weighted by atomic mass is 35.5. The lowest BCUT2D eigenvalue weighted by Gasteiger charge is -2.29. The van der Waals surface area contributed by atoms with E-state index in [0.717, 1.165) is 34.4 Å². The van der Waals surface area contributed by atoms with Gasteiger partial charge in [0.15, 0.2) is 12.4 Å². The molecule has 0 aliphatic carbocycles. The molecule has 4 aromatic carbocycles. The number of Topliss-reactive ketones (excluding diaryl/α,β-unsaturated/α-hetero) is 1. The molecular formula is C42H43ClFN5O8S. The van der Waals surface area contributed by atoms with Gasteiger partial charge in [0.05, 0.1) is 29.3 Å². The Morgan fingerprint density at radius 2 is 1.64 bits per heavy atom. The smallest absolute Gasteiger partial charge is 0.253 e.